The van der Waals surface area contributed by atoms with Gasteiger partial charge in [0.25, 0.3) is 0 Å². The molecule has 1 atom stereocenters. The van der Waals surface area contributed by atoms with E-state index in [-0.39, 0.29) is 29.4 Å². The highest BCUT2D eigenvalue weighted by Crippen LogP contribution is 2.44. The van der Waals surface area contributed by atoms with Crippen LogP contribution in [0.3, 0.4) is 0 Å². The lowest BCUT2D eigenvalue weighted by Gasteiger charge is -2.28. The standard InChI is InChI=1S/C27H27NO6/c1-3-4-14-31-20-13-9-8-12-19(20)22-23-21(15-17(2)33-27(23)30)34-25(28)24(22)26(29)32-16-18-10-6-5-7-11-18/h5-13,15,22H,3-4,14,16,28H2,1-2H3. The molecule has 0 saturated carbocycles. The van der Waals surface area contributed by atoms with E-state index in [1.807, 2.05) is 42.5 Å². The van der Waals surface area contributed by atoms with E-state index >= 15 is 0 Å². The van der Waals surface area contributed by atoms with Gasteiger partial charge < -0.3 is 24.4 Å². The van der Waals surface area contributed by atoms with Crippen molar-refractivity contribution in [2.45, 2.75) is 39.2 Å². The third-order valence-electron chi connectivity index (χ3n) is 5.55. The molecule has 1 aromatic heterocycles. The first-order chi connectivity index (χ1) is 16.5. The first-order valence-corrected chi connectivity index (χ1v) is 11.2. The van der Waals surface area contributed by atoms with E-state index in [4.69, 9.17) is 24.4 Å². The largest absolute Gasteiger partial charge is 0.493 e. The molecule has 0 saturated heterocycles. The summed E-state index contributed by atoms with van der Waals surface area (Å²) in [7, 11) is 0. The molecule has 1 aliphatic rings. The molecular weight excluding hydrogens is 434 g/mol. The Morgan fingerprint density at radius 2 is 1.82 bits per heavy atom. The monoisotopic (exact) mass is 461 g/mol. The second-order valence-corrected chi connectivity index (χ2v) is 8.04. The molecule has 7 nitrogen and oxygen atoms in total. The van der Waals surface area contributed by atoms with Crippen LogP contribution in [0.5, 0.6) is 11.5 Å². The smallest absolute Gasteiger partial charge is 0.343 e. The lowest BCUT2D eigenvalue weighted by molar-refractivity contribution is -0.140. The van der Waals surface area contributed by atoms with Crippen molar-refractivity contribution in [2.75, 3.05) is 6.61 Å². The number of hydrogen-bond donors (Lipinski definition) is 1. The minimum Gasteiger partial charge on any atom is -0.493 e. The van der Waals surface area contributed by atoms with Crippen LogP contribution in [0.15, 0.2) is 81.3 Å². The molecular formula is C27H27NO6. The number of fused-ring (bicyclic) bond motifs is 1. The van der Waals surface area contributed by atoms with Gasteiger partial charge in [0.2, 0.25) is 5.88 Å². The predicted molar refractivity (Wildman–Crippen MR) is 126 cm³/mol. The Labute approximate surface area is 197 Å². The molecule has 2 heterocycles. The van der Waals surface area contributed by atoms with E-state index in [1.165, 1.54) is 0 Å². The zero-order chi connectivity index (χ0) is 24.1. The number of aryl methyl sites for hydroxylation is 1. The number of para-hydroxylation sites is 1. The van der Waals surface area contributed by atoms with E-state index in [0.717, 1.165) is 18.4 Å². The molecule has 0 amide bonds. The summed E-state index contributed by atoms with van der Waals surface area (Å²) in [5.74, 6) is -0.502. The Morgan fingerprint density at radius 1 is 1.09 bits per heavy atom. The van der Waals surface area contributed by atoms with Gasteiger partial charge in [0.05, 0.1) is 18.1 Å². The first-order valence-electron chi connectivity index (χ1n) is 11.2. The van der Waals surface area contributed by atoms with Crippen molar-refractivity contribution in [3.8, 4) is 11.5 Å². The maximum absolute atomic E-state index is 13.3. The van der Waals surface area contributed by atoms with Gasteiger partial charge in [-0.05, 0) is 25.0 Å². The topological polar surface area (TPSA) is 101 Å². The molecule has 176 valence electrons. The summed E-state index contributed by atoms with van der Waals surface area (Å²) in [6.07, 6.45) is 1.83. The second-order valence-electron chi connectivity index (χ2n) is 8.04. The van der Waals surface area contributed by atoms with E-state index in [2.05, 4.69) is 6.92 Å². The fourth-order valence-electron chi connectivity index (χ4n) is 3.91. The van der Waals surface area contributed by atoms with Crippen LogP contribution in [0.2, 0.25) is 0 Å². The Balaban J connectivity index is 1.78. The summed E-state index contributed by atoms with van der Waals surface area (Å²) >= 11 is 0. The minimum atomic E-state index is -0.873. The van der Waals surface area contributed by atoms with Crippen LogP contribution in [0.25, 0.3) is 0 Å². The molecule has 1 aliphatic heterocycles. The molecule has 2 N–H and O–H groups in total. The van der Waals surface area contributed by atoms with Crippen LogP contribution < -0.4 is 20.8 Å². The quantitative estimate of drug-likeness (QED) is 0.387. The Hall–Kier alpha value is -4.00. The van der Waals surface area contributed by atoms with Crippen LogP contribution in [-0.4, -0.2) is 12.6 Å². The second kappa shape index (κ2) is 10.3. The summed E-state index contributed by atoms with van der Waals surface area (Å²) in [5.41, 5.74) is 7.28. The summed E-state index contributed by atoms with van der Waals surface area (Å²) in [5, 5.41) is 0. The third-order valence-corrected chi connectivity index (χ3v) is 5.55. The summed E-state index contributed by atoms with van der Waals surface area (Å²) in [6.45, 7) is 4.26. The highest BCUT2D eigenvalue weighted by Gasteiger charge is 2.39. The maximum Gasteiger partial charge on any atom is 0.343 e. The fourth-order valence-corrected chi connectivity index (χ4v) is 3.91. The summed E-state index contributed by atoms with van der Waals surface area (Å²) in [6, 6.07) is 18.1. The Morgan fingerprint density at radius 3 is 2.59 bits per heavy atom. The van der Waals surface area contributed by atoms with Gasteiger partial charge in [-0.3, -0.25) is 0 Å². The molecule has 0 radical (unpaired) electrons. The predicted octanol–water partition coefficient (Wildman–Crippen LogP) is 4.57. The van der Waals surface area contributed by atoms with Crippen molar-refractivity contribution < 1.29 is 23.4 Å². The molecule has 2 aromatic carbocycles. The van der Waals surface area contributed by atoms with Crippen molar-refractivity contribution in [3.63, 3.8) is 0 Å². The van der Waals surface area contributed by atoms with Gasteiger partial charge in [-0.25, -0.2) is 9.59 Å². The number of nitrogens with two attached hydrogens (primary N) is 1. The van der Waals surface area contributed by atoms with E-state index in [1.54, 1.807) is 25.1 Å². The van der Waals surface area contributed by atoms with Crippen molar-refractivity contribution in [3.05, 3.63) is 105 Å². The van der Waals surface area contributed by atoms with Gasteiger partial charge in [0, 0.05) is 11.6 Å². The van der Waals surface area contributed by atoms with Crippen molar-refractivity contribution in [1.29, 1.82) is 0 Å². The van der Waals surface area contributed by atoms with E-state index in [0.29, 0.717) is 23.7 Å². The summed E-state index contributed by atoms with van der Waals surface area (Å²) in [4.78, 5) is 26.3. The van der Waals surface area contributed by atoms with Crippen LogP contribution in [0.4, 0.5) is 0 Å². The van der Waals surface area contributed by atoms with Crippen molar-refractivity contribution in [1.82, 2.24) is 0 Å². The lowest BCUT2D eigenvalue weighted by Crippen LogP contribution is -2.31. The van der Waals surface area contributed by atoms with E-state index < -0.39 is 17.5 Å². The first kappa shape index (κ1) is 23.2. The third kappa shape index (κ3) is 4.83. The molecule has 0 bridgehead atoms. The van der Waals surface area contributed by atoms with Gasteiger partial charge >= 0.3 is 11.6 Å². The number of carbonyl (C=O) groups is 1. The molecule has 3 aromatic rings. The normalized spacial score (nSPS) is 14.8. The maximum atomic E-state index is 13.3. The highest BCUT2D eigenvalue weighted by molar-refractivity contribution is 5.92. The average molecular weight is 462 g/mol. The number of carbonyl (C=O) groups excluding carboxylic acids is 1. The van der Waals surface area contributed by atoms with Crippen LogP contribution in [0.1, 0.15) is 48.1 Å². The molecule has 4 rings (SSSR count). The van der Waals surface area contributed by atoms with Gasteiger partial charge in [-0.15, -0.1) is 0 Å². The van der Waals surface area contributed by atoms with Gasteiger partial charge in [0.15, 0.2) is 0 Å². The lowest BCUT2D eigenvalue weighted by atomic mass is 9.83. The molecule has 0 fully saturated rings. The Kier molecular flexibility index (Phi) is 7.01. The number of ether oxygens (including phenoxy) is 3. The molecule has 1 unspecified atom stereocenters. The minimum absolute atomic E-state index is 0.0334. The molecule has 7 heteroatoms. The molecule has 0 spiro atoms. The molecule has 34 heavy (non-hydrogen) atoms. The van der Waals surface area contributed by atoms with Crippen molar-refractivity contribution in [2.24, 2.45) is 5.73 Å². The molecule has 0 aliphatic carbocycles. The number of benzene rings is 2. The fraction of sp³-hybridized carbons (Fsp3) is 0.259. The zero-order valence-corrected chi connectivity index (χ0v) is 19.2. The number of unbranched alkanes of at least 4 members (excludes halogenated alkanes) is 1. The SMILES string of the molecule is CCCCOc1ccccc1C1C(C(=O)OCc2ccccc2)=C(N)Oc2cc(C)oc(=O)c21. The zero-order valence-electron chi connectivity index (χ0n) is 19.2. The summed E-state index contributed by atoms with van der Waals surface area (Å²) < 4.78 is 22.7. The number of rotatable bonds is 8. The van der Waals surface area contributed by atoms with Gasteiger partial charge in [-0.2, -0.15) is 0 Å². The number of esters is 1. The number of hydrogen-bond acceptors (Lipinski definition) is 7. The Bertz CT molecular complexity index is 1260. The van der Waals surface area contributed by atoms with Crippen molar-refractivity contribution >= 4 is 5.97 Å². The van der Waals surface area contributed by atoms with Crippen LogP contribution in [0, 0.1) is 6.92 Å². The van der Waals surface area contributed by atoms with Crippen LogP contribution in [-0.2, 0) is 16.1 Å². The van der Waals surface area contributed by atoms with Crippen LogP contribution >= 0.6 is 0 Å². The van der Waals surface area contributed by atoms with E-state index in [9.17, 15) is 9.59 Å². The average Bonchev–Trinajstić information content (AvgIpc) is 2.82. The highest BCUT2D eigenvalue weighted by atomic mass is 16.5. The van der Waals surface area contributed by atoms with Gasteiger partial charge in [0.1, 0.15) is 29.4 Å². The van der Waals surface area contributed by atoms with Gasteiger partial charge in [-0.1, -0.05) is 61.9 Å².